The van der Waals surface area contributed by atoms with Gasteiger partial charge in [-0.3, -0.25) is 20.7 Å². The Morgan fingerprint density at radius 3 is 2.70 bits per heavy atom. The van der Waals surface area contributed by atoms with Crippen LogP contribution in [-0.2, 0) is 0 Å². The fraction of sp³-hybridized carbons (Fsp3) is 0.0526. The number of anilines is 1. The Morgan fingerprint density at radius 2 is 1.89 bits per heavy atom. The van der Waals surface area contributed by atoms with Crippen molar-refractivity contribution in [2.24, 2.45) is 0 Å². The number of aromatic amines is 1. The molecule has 8 nitrogen and oxygen atoms in total. The standard InChI is InChI=1S/C19H16N6O2/c1-27-13-8-6-12(7-9-13)16-10-17(23-22-16)19(26)25-24-18-14-4-2-3-5-15(14)20-11-21-18/h2-11H,1H3,(H,22,23)(H,25,26)(H,20,21,24). The average molecular weight is 360 g/mol. The maximum atomic E-state index is 12.4. The third kappa shape index (κ3) is 3.40. The van der Waals surface area contributed by atoms with Crippen LogP contribution in [0.15, 0.2) is 60.9 Å². The molecule has 0 aliphatic rings. The normalized spacial score (nSPS) is 10.6. The van der Waals surface area contributed by atoms with Crippen LogP contribution in [0.3, 0.4) is 0 Å². The van der Waals surface area contributed by atoms with Crippen molar-refractivity contribution in [1.82, 2.24) is 25.6 Å². The minimum Gasteiger partial charge on any atom is -0.497 e. The van der Waals surface area contributed by atoms with Gasteiger partial charge in [0, 0.05) is 10.9 Å². The molecule has 0 saturated carbocycles. The van der Waals surface area contributed by atoms with E-state index in [1.165, 1.54) is 6.33 Å². The number of H-pyrrole nitrogens is 1. The first-order chi connectivity index (χ1) is 13.2. The molecule has 0 radical (unpaired) electrons. The molecule has 0 aliphatic heterocycles. The fourth-order valence-corrected chi connectivity index (χ4v) is 2.64. The topological polar surface area (TPSA) is 105 Å². The van der Waals surface area contributed by atoms with Gasteiger partial charge in [-0.15, -0.1) is 0 Å². The lowest BCUT2D eigenvalue weighted by Gasteiger charge is -2.08. The number of aromatic nitrogens is 4. The maximum absolute atomic E-state index is 12.4. The lowest BCUT2D eigenvalue weighted by atomic mass is 10.1. The van der Waals surface area contributed by atoms with Crippen molar-refractivity contribution >= 4 is 22.6 Å². The number of para-hydroxylation sites is 1. The van der Waals surface area contributed by atoms with Crippen molar-refractivity contribution in [1.29, 1.82) is 0 Å². The van der Waals surface area contributed by atoms with E-state index < -0.39 is 0 Å². The Kier molecular flexibility index (Phi) is 4.36. The van der Waals surface area contributed by atoms with Gasteiger partial charge in [-0.05, 0) is 42.5 Å². The highest BCUT2D eigenvalue weighted by molar-refractivity contribution is 5.95. The molecule has 2 aromatic heterocycles. The second-order valence-corrected chi connectivity index (χ2v) is 5.71. The molecule has 134 valence electrons. The van der Waals surface area contributed by atoms with Crippen LogP contribution in [0.25, 0.3) is 22.2 Å². The monoisotopic (exact) mass is 360 g/mol. The number of amides is 1. The number of rotatable bonds is 5. The molecule has 0 atom stereocenters. The van der Waals surface area contributed by atoms with Crippen molar-refractivity contribution in [3.63, 3.8) is 0 Å². The molecule has 3 N–H and O–H groups in total. The third-order valence-corrected chi connectivity index (χ3v) is 4.05. The Labute approximate surface area is 154 Å². The van der Waals surface area contributed by atoms with Gasteiger partial charge in [0.2, 0.25) is 0 Å². The van der Waals surface area contributed by atoms with E-state index in [1.54, 1.807) is 13.2 Å². The zero-order chi connectivity index (χ0) is 18.6. The summed E-state index contributed by atoms with van der Waals surface area (Å²) in [5.74, 6) is 0.919. The number of benzene rings is 2. The van der Waals surface area contributed by atoms with E-state index in [0.29, 0.717) is 17.2 Å². The van der Waals surface area contributed by atoms with Gasteiger partial charge in [-0.1, -0.05) is 12.1 Å². The molecule has 0 fully saturated rings. The van der Waals surface area contributed by atoms with E-state index >= 15 is 0 Å². The van der Waals surface area contributed by atoms with E-state index in [1.807, 2.05) is 48.5 Å². The van der Waals surface area contributed by atoms with Crippen LogP contribution in [0.4, 0.5) is 5.82 Å². The number of nitrogens with one attached hydrogen (secondary N) is 3. The molecule has 4 rings (SSSR count). The highest BCUT2D eigenvalue weighted by Crippen LogP contribution is 2.21. The van der Waals surface area contributed by atoms with Crippen LogP contribution in [-0.4, -0.2) is 33.2 Å². The minimum atomic E-state index is -0.357. The van der Waals surface area contributed by atoms with Crippen molar-refractivity contribution in [3.05, 3.63) is 66.6 Å². The van der Waals surface area contributed by atoms with Gasteiger partial charge >= 0.3 is 0 Å². The minimum absolute atomic E-state index is 0.326. The molecular formula is C19H16N6O2. The number of hydrogen-bond donors (Lipinski definition) is 3. The van der Waals surface area contributed by atoms with E-state index in [4.69, 9.17) is 4.74 Å². The molecule has 4 aromatic rings. The lowest BCUT2D eigenvalue weighted by Crippen LogP contribution is -2.30. The number of carbonyl (C=O) groups excluding carboxylic acids is 1. The lowest BCUT2D eigenvalue weighted by molar-refractivity contribution is 0.0957. The van der Waals surface area contributed by atoms with Crippen molar-refractivity contribution in [3.8, 4) is 17.0 Å². The van der Waals surface area contributed by atoms with Gasteiger partial charge < -0.3 is 4.74 Å². The van der Waals surface area contributed by atoms with Crippen LogP contribution in [0.2, 0.25) is 0 Å². The molecule has 0 unspecified atom stereocenters. The molecule has 1 amide bonds. The van der Waals surface area contributed by atoms with Gasteiger partial charge in [0.15, 0.2) is 5.82 Å². The predicted octanol–water partition coefficient (Wildman–Crippen LogP) is 2.79. The summed E-state index contributed by atoms with van der Waals surface area (Å²) < 4.78 is 5.14. The molecule has 2 aromatic carbocycles. The smallest absolute Gasteiger partial charge is 0.287 e. The van der Waals surface area contributed by atoms with E-state index in [2.05, 4.69) is 31.0 Å². The van der Waals surface area contributed by atoms with Crippen LogP contribution >= 0.6 is 0 Å². The van der Waals surface area contributed by atoms with Crippen LogP contribution in [0.5, 0.6) is 5.75 Å². The summed E-state index contributed by atoms with van der Waals surface area (Å²) in [7, 11) is 1.61. The molecule has 2 heterocycles. The van der Waals surface area contributed by atoms with E-state index in [-0.39, 0.29) is 5.91 Å². The number of fused-ring (bicyclic) bond motifs is 1. The van der Waals surface area contributed by atoms with E-state index in [0.717, 1.165) is 22.2 Å². The van der Waals surface area contributed by atoms with Crippen LogP contribution in [0.1, 0.15) is 10.5 Å². The number of hydrazine groups is 1. The number of ether oxygens (including phenoxy) is 1. The van der Waals surface area contributed by atoms with Gasteiger partial charge in [-0.25, -0.2) is 9.97 Å². The molecule has 0 aliphatic carbocycles. The first-order valence-electron chi connectivity index (χ1n) is 8.20. The Morgan fingerprint density at radius 1 is 1.07 bits per heavy atom. The quantitative estimate of drug-likeness (QED) is 0.473. The molecule has 27 heavy (non-hydrogen) atoms. The largest absolute Gasteiger partial charge is 0.497 e. The van der Waals surface area contributed by atoms with Gasteiger partial charge in [-0.2, -0.15) is 5.10 Å². The first kappa shape index (κ1) is 16.5. The van der Waals surface area contributed by atoms with Gasteiger partial charge in [0.05, 0.1) is 18.3 Å². The second-order valence-electron chi connectivity index (χ2n) is 5.71. The van der Waals surface area contributed by atoms with Crippen molar-refractivity contribution in [2.75, 3.05) is 12.5 Å². The average Bonchev–Trinajstić information content (AvgIpc) is 3.22. The maximum Gasteiger partial charge on any atom is 0.287 e. The SMILES string of the molecule is COc1ccc(-c2cc(C(=O)NNc3ncnc4ccccc34)[nH]n2)cc1. The molecule has 0 saturated heterocycles. The molecule has 0 spiro atoms. The van der Waals surface area contributed by atoms with Crippen molar-refractivity contribution in [2.45, 2.75) is 0 Å². The number of carbonyl (C=O) groups is 1. The zero-order valence-electron chi connectivity index (χ0n) is 14.4. The second kappa shape index (κ2) is 7.12. The Hall–Kier alpha value is -3.94. The van der Waals surface area contributed by atoms with Gasteiger partial charge in [0.1, 0.15) is 17.8 Å². The van der Waals surface area contributed by atoms with Gasteiger partial charge in [0.25, 0.3) is 5.91 Å². The first-order valence-corrected chi connectivity index (χ1v) is 8.20. The Balaban J connectivity index is 1.48. The molecule has 0 bridgehead atoms. The summed E-state index contributed by atoms with van der Waals surface area (Å²) in [4.78, 5) is 20.7. The fourth-order valence-electron chi connectivity index (χ4n) is 2.64. The number of methoxy groups -OCH3 is 1. The summed E-state index contributed by atoms with van der Waals surface area (Å²) >= 11 is 0. The summed E-state index contributed by atoms with van der Waals surface area (Å²) in [6, 6.07) is 16.6. The van der Waals surface area contributed by atoms with Crippen LogP contribution in [0, 0.1) is 0 Å². The van der Waals surface area contributed by atoms with Crippen LogP contribution < -0.4 is 15.6 Å². The van der Waals surface area contributed by atoms with E-state index in [9.17, 15) is 4.79 Å². The van der Waals surface area contributed by atoms with Crippen molar-refractivity contribution < 1.29 is 9.53 Å². The zero-order valence-corrected chi connectivity index (χ0v) is 14.4. The predicted molar refractivity (Wildman–Crippen MR) is 101 cm³/mol. The summed E-state index contributed by atoms with van der Waals surface area (Å²) in [6.45, 7) is 0. The summed E-state index contributed by atoms with van der Waals surface area (Å²) in [5, 5.41) is 7.74. The summed E-state index contributed by atoms with van der Waals surface area (Å²) in [5.41, 5.74) is 8.10. The molecular weight excluding hydrogens is 344 g/mol. The summed E-state index contributed by atoms with van der Waals surface area (Å²) in [6.07, 6.45) is 1.44. The molecule has 8 heteroatoms. The Bertz CT molecular complexity index is 1090. The third-order valence-electron chi connectivity index (χ3n) is 4.05. The highest BCUT2D eigenvalue weighted by Gasteiger charge is 2.12. The number of nitrogens with zero attached hydrogens (tertiary/aromatic N) is 3. The highest BCUT2D eigenvalue weighted by atomic mass is 16.5. The number of hydrogen-bond acceptors (Lipinski definition) is 6.